The number of fused-ring (bicyclic) bond motifs is 1. The Balaban J connectivity index is 1.83. The number of anilines is 2. The van der Waals surface area contributed by atoms with Crippen LogP contribution in [0.5, 0.6) is 5.75 Å². The predicted molar refractivity (Wildman–Crippen MR) is 86.5 cm³/mol. The summed E-state index contributed by atoms with van der Waals surface area (Å²) in [6, 6.07) is 9.89. The van der Waals surface area contributed by atoms with Crippen LogP contribution in [0, 0.1) is 0 Å². The number of hydrogen-bond acceptors (Lipinski definition) is 5. The molecule has 0 spiro atoms. The van der Waals surface area contributed by atoms with Crippen molar-refractivity contribution < 1.29 is 29.4 Å². The number of aromatic hydroxyl groups is 1. The van der Waals surface area contributed by atoms with Gasteiger partial charge in [0.15, 0.2) is 0 Å². The van der Waals surface area contributed by atoms with Gasteiger partial charge in [-0.25, -0.2) is 4.79 Å². The Morgan fingerprint density at radius 2 is 1.80 bits per heavy atom. The molecule has 0 radical (unpaired) electrons. The number of nitrogens with one attached hydrogen (secondary N) is 2. The Bertz CT molecular complexity index is 921. The van der Waals surface area contributed by atoms with Gasteiger partial charge in [0.05, 0.1) is 0 Å². The van der Waals surface area contributed by atoms with Crippen LogP contribution in [0.15, 0.2) is 42.5 Å². The van der Waals surface area contributed by atoms with Crippen LogP contribution >= 0.6 is 0 Å². The third-order valence-corrected chi connectivity index (χ3v) is 3.76. The molecule has 25 heavy (non-hydrogen) atoms. The van der Waals surface area contributed by atoms with Crippen LogP contribution in [-0.2, 0) is 14.4 Å². The van der Waals surface area contributed by atoms with Crippen molar-refractivity contribution in [2.24, 2.45) is 0 Å². The van der Waals surface area contributed by atoms with Gasteiger partial charge in [-0.05, 0) is 29.8 Å². The molecular formula is C17H12N2O6. The molecule has 0 aliphatic carbocycles. The van der Waals surface area contributed by atoms with Crippen molar-refractivity contribution in [1.82, 2.24) is 0 Å². The molecule has 2 amide bonds. The quantitative estimate of drug-likeness (QED) is 0.377. The van der Waals surface area contributed by atoms with E-state index >= 15 is 0 Å². The third kappa shape index (κ3) is 2.92. The molecule has 0 aromatic heterocycles. The van der Waals surface area contributed by atoms with Crippen molar-refractivity contribution in [3.05, 3.63) is 53.6 Å². The van der Waals surface area contributed by atoms with E-state index < -0.39 is 40.8 Å². The van der Waals surface area contributed by atoms with Crippen molar-refractivity contribution in [2.75, 3.05) is 10.6 Å². The standard InChI is InChI=1S/C17H12N2O6/c20-12-6-5-8(7-10(12)17(24)25)18-16(23)14(21)13-9-3-1-2-4-11(9)19-15(13)22/h1-7,13,20H,(H,18,23)(H,19,22)(H,24,25)/t13-/m0/s1. The molecule has 1 atom stereocenters. The average Bonchev–Trinajstić information content (AvgIpc) is 2.91. The molecule has 8 heteroatoms. The topological polar surface area (TPSA) is 133 Å². The Labute approximate surface area is 141 Å². The SMILES string of the molecule is O=C(Nc1ccc(O)c(C(=O)O)c1)C(=O)[C@H]1C(=O)Nc2ccccc21. The van der Waals surface area contributed by atoms with Gasteiger partial charge >= 0.3 is 5.97 Å². The van der Waals surface area contributed by atoms with Crippen molar-refractivity contribution >= 4 is 34.9 Å². The van der Waals surface area contributed by atoms with E-state index in [9.17, 15) is 24.3 Å². The van der Waals surface area contributed by atoms with Gasteiger partial charge < -0.3 is 20.8 Å². The van der Waals surface area contributed by atoms with Crippen LogP contribution in [0.3, 0.4) is 0 Å². The number of Topliss-reactive ketones (excluding diaryl/α,β-unsaturated/α-hetero) is 1. The number of amides is 2. The number of benzene rings is 2. The van der Waals surface area contributed by atoms with Crippen molar-refractivity contribution in [3.63, 3.8) is 0 Å². The minimum Gasteiger partial charge on any atom is -0.507 e. The molecular weight excluding hydrogens is 328 g/mol. The second-order valence-corrected chi connectivity index (χ2v) is 5.36. The number of rotatable bonds is 4. The lowest BCUT2D eigenvalue weighted by molar-refractivity contribution is -0.138. The Morgan fingerprint density at radius 3 is 2.52 bits per heavy atom. The fraction of sp³-hybridized carbons (Fsp3) is 0.0588. The van der Waals surface area contributed by atoms with E-state index in [0.29, 0.717) is 11.3 Å². The molecule has 3 rings (SSSR count). The van der Waals surface area contributed by atoms with Gasteiger partial charge in [0, 0.05) is 11.4 Å². The number of carboxylic acids is 1. The highest BCUT2D eigenvalue weighted by Crippen LogP contribution is 2.33. The van der Waals surface area contributed by atoms with E-state index in [0.717, 1.165) is 12.1 Å². The summed E-state index contributed by atoms with van der Waals surface area (Å²) in [7, 11) is 0. The minimum atomic E-state index is -1.39. The summed E-state index contributed by atoms with van der Waals surface area (Å²) in [5.41, 5.74) is 0.468. The van der Waals surface area contributed by atoms with Crippen LogP contribution < -0.4 is 10.6 Å². The van der Waals surface area contributed by atoms with E-state index in [1.54, 1.807) is 24.3 Å². The molecule has 0 fully saturated rings. The molecule has 1 aliphatic rings. The number of carboxylic acid groups (broad SMARTS) is 1. The van der Waals surface area contributed by atoms with E-state index in [2.05, 4.69) is 10.6 Å². The second kappa shape index (κ2) is 6.08. The smallest absolute Gasteiger partial charge is 0.339 e. The first-order chi connectivity index (χ1) is 11.9. The maximum atomic E-state index is 12.4. The first kappa shape index (κ1) is 16.2. The molecule has 2 aromatic rings. The first-order valence-corrected chi connectivity index (χ1v) is 7.20. The number of phenols is 1. The number of aromatic carboxylic acids is 1. The number of carbonyl (C=O) groups is 4. The summed E-state index contributed by atoms with van der Waals surface area (Å²) in [5, 5.41) is 23.2. The minimum absolute atomic E-state index is 0.0141. The highest BCUT2D eigenvalue weighted by Gasteiger charge is 2.39. The summed E-state index contributed by atoms with van der Waals surface area (Å²) >= 11 is 0. The van der Waals surface area contributed by atoms with Crippen molar-refractivity contribution in [1.29, 1.82) is 0 Å². The average molecular weight is 340 g/mol. The summed E-state index contributed by atoms with van der Waals surface area (Å²) in [6.07, 6.45) is 0. The fourth-order valence-electron chi connectivity index (χ4n) is 2.58. The van der Waals surface area contributed by atoms with Gasteiger partial charge in [-0.2, -0.15) is 0 Å². The molecule has 8 nitrogen and oxygen atoms in total. The van der Waals surface area contributed by atoms with E-state index in [4.69, 9.17) is 5.11 Å². The largest absolute Gasteiger partial charge is 0.507 e. The second-order valence-electron chi connectivity index (χ2n) is 5.36. The van der Waals surface area contributed by atoms with E-state index in [1.165, 1.54) is 6.07 Å². The summed E-state index contributed by atoms with van der Waals surface area (Å²) < 4.78 is 0. The Morgan fingerprint density at radius 1 is 1.08 bits per heavy atom. The van der Waals surface area contributed by atoms with Gasteiger partial charge in [0.1, 0.15) is 17.2 Å². The maximum absolute atomic E-state index is 12.4. The molecule has 1 heterocycles. The van der Waals surface area contributed by atoms with Gasteiger partial charge in [0.2, 0.25) is 11.7 Å². The number of hydrogen-bond donors (Lipinski definition) is 4. The zero-order valence-corrected chi connectivity index (χ0v) is 12.6. The Hall–Kier alpha value is -3.68. The van der Waals surface area contributed by atoms with Crippen molar-refractivity contribution in [3.8, 4) is 5.75 Å². The van der Waals surface area contributed by atoms with Crippen LogP contribution in [-0.4, -0.2) is 33.8 Å². The predicted octanol–water partition coefficient (Wildman–Crippen LogP) is 1.33. The summed E-state index contributed by atoms with van der Waals surface area (Å²) in [6.45, 7) is 0. The summed E-state index contributed by atoms with van der Waals surface area (Å²) in [4.78, 5) is 47.5. The molecule has 1 aliphatic heterocycles. The van der Waals surface area contributed by atoms with Crippen LogP contribution in [0.2, 0.25) is 0 Å². The normalized spacial score (nSPS) is 15.2. The Kier molecular flexibility index (Phi) is 3.94. The van der Waals surface area contributed by atoms with E-state index in [1.807, 2.05) is 0 Å². The third-order valence-electron chi connectivity index (χ3n) is 3.76. The molecule has 2 aromatic carbocycles. The lowest BCUT2D eigenvalue weighted by Crippen LogP contribution is -2.32. The zero-order chi connectivity index (χ0) is 18.1. The van der Waals surface area contributed by atoms with Gasteiger partial charge in [-0.3, -0.25) is 14.4 Å². The fourth-order valence-corrected chi connectivity index (χ4v) is 2.58. The van der Waals surface area contributed by atoms with Gasteiger partial charge in [-0.15, -0.1) is 0 Å². The summed E-state index contributed by atoms with van der Waals surface area (Å²) in [5.74, 6) is -5.73. The zero-order valence-electron chi connectivity index (χ0n) is 12.6. The van der Waals surface area contributed by atoms with Crippen LogP contribution in [0.4, 0.5) is 11.4 Å². The maximum Gasteiger partial charge on any atom is 0.339 e. The molecule has 126 valence electrons. The molecule has 0 unspecified atom stereocenters. The molecule has 4 N–H and O–H groups in total. The lowest BCUT2D eigenvalue weighted by Gasteiger charge is -2.09. The number of ketones is 1. The van der Waals surface area contributed by atoms with Gasteiger partial charge in [0.25, 0.3) is 5.91 Å². The molecule has 0 saturated carbocycles. The van der Waals surface area contributed by atoms with Crippen LogP contribution in [0.25, 0.3) is 0 Å². The van der Waals surface area contributed by atoms with Gasteiger partial charge in [-0.1, -0.05) is 18.2 Å². The number of para-hydroxylation sites is 1. The van der Waals surface area contributed by atoms with Crippen molar-refractivity contribution in [2.45, 2.75) is 5.92 Å². The molecule has 0 saturated heterocycles. The number of carbonyl (C=O) groups excluding carboxylic acids is 3. The molecule has 0 bridgehead atoms. The lowest BCUT2D eigenvalue weighted by atomic mass is 9.95. The first-order valence-electron chi connectivity index (χ1n) is 7.20. The van der Waals surface area contributed by atoms with E-state index in [-0.39, 0.29) is 5.69 Å². The van der Waals surface area contributed by atoms with Crippen LogP contribution in [0.1, 0.15) is 21.8 Å². The monoisotopic (exact) mass is 340 g/mol. The highest BCUT2D eigenvalue weighted by atomic mass is 16.4. The highest BCUT2D eigenvalue weighted by molar-refractivity contribution is 6.47.